The molecule has 0 amide bonds. The van der Waals surface area contributed by atoms with Crippen molar-refractivity contribution in [1.82, 2.24) is 30.0 Å². The van der Waals surface area contributed by atoms with Crippen molar-refractivity contribution in [3.63, 3.8) is 0 Å². The third kappa shape index (κ3) is 3.35. The van der Waals surface area contributed by atoms with Crippen molar-refractivity contribution in [2.24, 2.45) is 5.41 Å². The molecule has 112 valence electrons. The maximum Gasteiger partial charge on any atom is 0.138 e. The normalized spacial score (nSPS) is 29.1. The second kappa shape index (κ2) is 6.18. The van der Waals surface area contributed by atoms with Gasteiger partial charge in [-0.2, -0.15) is 0 Å². The van der Waals surface area contributed by atoms with Gasteiger partial charge in [0.25, 0.3) is 0 Å². The van der Waals surface area contributed by atoms with Crippen LogP contribution in [0.2, 0.25) is 0 Å². The average molecular weight is 278 g/mol. The molecule has 6 heteroatoms. The topological polar surface area (TPSA) is 50.1 Å². The first-order valence-electron chi connectivity index (χ1n) is 7.88. The monoisotopic (exact) mass is 278 g/mol. The average Bonchev–Trinajstić information content (AvgIpc) is 2.92. The Kier molecular flexibility index (Phi) is 4.31. The number of piperidine rings is 2. The zero-order chi connectivity index (χ0) is 13.8. The lowest BCUT2D eigenvalue weighted by molar-refractivity contribution is 0.0222. The lowest BCUT2D eigenvalue weighted by Gasteiger charge is -2.48. The van der Waals surface area contributed by atoms with Crippen LogP contribution >= 0.6 is 0 Å². The first-order chi connectivity index (χ1) is 9.76. The molecule has 0 unspecified atom stereocenters. The Morgan fingerprint density at radius 1 is 1.10 bits per heavy atom. The number of rotatable bonds is 4. The van der Waals surface area contributed by atoms with Crippen LogP contribution in [-0.2, 0) is 6.54 Å². The van der Waals surface area contributed by atoms with Crippen LogP contribution in [0.1, 0.15) is 32.1 Å². The van der Waals surface area contributed by atoms with Crippen LogP contribution in [0.25, 0.3) is 0 Å². The summed E-state index contributed by atoms with van der Waals surface area (Å²) in [6.45, 7) is 7.22. The molecule has 0 aliphatic carbocycles. The van der Waals surface area contributed by atoms with Gasteiger partial charge in [0.15, 0.2) is 0 Å². The summed E-state index contributed by atoms with van der Waals surface area (Å²) in [6, 6.07) is 0. The molecule has 1 atom stereocenters. The SMILES string of the molecule is CN1CCC[C@]2(CCCN(CCCn3cnnn3)C2)C1. The number of hydrogen-bond donors (Lipinski definition) is 0. The predicted molar refractivity (Wildman–Crippen MR) is 77.3 cm³/mol. The van der Waals surface area contributed by atoms with Gasteiger partial charge >= 0.3 is 0 Å². The third-order valence-electron chi connectivity index (χ3n) is 4.85. The molecule has 0 aromatic carbocycles. The van der Waals surface area contributed by atoms with E-state index in [0.717, 1.165) is 13.0 Å². The summed E-state index contributed by atoms with van der Waals surface area (Å²) in [5, 5.41) is 11.3. The second-order valence-corrected chi connectivity index (χ2v) is 6.65. The van der Waals surface area contributed by atoms with E-state index in [-0.39, 0.29) is 0 Å². The van der Waals surface area contributed by atoms with Crippen molar-refractivity contribution >= 4 is 0 Å². The molecule has 0 radical (unpaired) electrons. The molecule has 1 aromatic heterocycles. The van der Waals surface area contributed by atoms with E-state index < -0.39 is 0 Å². The summed E-state index contributed by atoms with van der Waals surface area (Å²) >= 11 is 0. The molecule has 2 aliphatic rings. The van der Waals surface area contributed by atoms with Crippen molar-refractivity contribution in [1.29, 1.82) is 0 Å². The second-order valence-electron chi connectivity index (χ2n) is 6.65. The number of nitrogens with zero attached hydrogens (tertiary/aromatic N) is 6. The van der Waals surface area contributed by atoms with Crippen LogP contribution in [0.3, 0.4) is 0 Å². The highest BCUT2D eigenvalue weighted by molar-refractivity contribution is 4.91. The van der Waals surface area contributed by atoms with Gasteiger partial charge in [0, 0.05) is 19.6 Å². The van der Waals surface area contributed by atoms with Gasteiger partial charge < -0.3 is 9.80 Å². The Morgan fingerprint density at radius 3 is 2.70 bits per heavy atom. The van der Waals surface area contributed by atoms with Gasteiger partial charge in [-0.05, 0) is 74.6 Å². The molecule has 1 aromatic rings. The third-order valence-corrected chi connectivity index (χ3v) is 4.85. The van der Waals surface area contributed by atoms with Gasteiger partial charge in [0.05, 0.1) is 0 Å². The van der Waals surface area contributed by atoms with Gasteiger partial charge in [-0.1, -0.05) is 0 Å². The Labute approximate surface area is 121 Å². The Balaban J connectivity index is 1.47. The van der Waals surface area contributed by atoms with Crippen LogP contribution in [0.5, 0.6) is 0 Å². The highest BCUT2D eigenvalue weighted by Crippen LogP contribution is 2.37. The molecule has 6 nitrogen and oxygen atoms in total. The predicted octanol–water partition coefficient (Wildman–Crippen LogP) is 0.871. The maximum absolute atomic E-state index is 3.92. The zero-order valence-electron chi connectivity index (χ0n) is 12.5. The van der Waals surface area contributed by atoms with Crippen molar-refractivity contribution in [2.75, 3.05) is 39.8 Å². The molecule has 3 heterocycles. The van der Waals surface area contributed by atoms with E-state index >= 15 is 0 Å². The first kappa shape index (κ1) is 13.9. The summed E-state index contributed by atoms with van der Waals surface area (Å²) in [7, 11) is 2.28. The molecular weight excluding hydrogens is 252 g/mol. The van der Waals surface area contributed by atoms with Crippen molar-refractivity contribution < 1.29 is 0 Å². The van der Waals surface area contributed by atoms with Crippen LogP contribution in [0.4, 0.5) is 0 Å². The van der Waals surface area contributed by atoms with E-state index in [4.69, 9.17) is 0 Å². The molecular formula is C14H26N6. The molecule has 2 fully saturated rings. The van der Waals surface area contributed by atoms with Gasteiger partial charge in [0.2, 0.25) is 0 Å². The molecule has 2 saturated heterocycles. The van der Waals surface area contributed by atoms with E-state index in [0.29, 0.717) is 5.41 Å². The molecule has 20 heavy (non-hydrogen) atoms. The fourth-order valence-corrected chi connectivity index (χ4v) is 4.03. The van der Waals surface area contributed by atoms with E-state index in [2.05, 4.69) is 32.4 Å². The van der Waals surface area contributed by atoms with Gasteiger partial charge in [-0.3, -0.25) is 0 Å². The van der Waals surface area contributed by atoms with Crippen LogP contribution < -0.4 is 0 Å². The van der Waals surface area contributed by atoms with E-state index in [1.807, 2.05) is 4.68 Å². The molecule has 0 saturated carbocycles. The zero-order valence-corrected chi connectivity index (χ0v) is 12.5. The molecule has 0 bridgehead atoms. The highest BCUT2D eigenvalue weighted by Gasteiger charge is 2.37. The number of aryl methyl sites for hydroxylation is 1. The minimum Gasteiger partial charge on any atom is -0.306 e. The minimum atomic E-state index is 0.570. The lowest BCUT2D eigenvalue weighted by Crippen LogP contribution is -2.51. The quantitative estimate of drug-likeness (QED) is 0.818. The Morgan fingerprint density at radius 2 is 1.95 bits per heavy atom. The van der Waals surface area contributed by atoms with Crippen LogP contribution in [0, 0.1) is 5.41 Å². The number of aromatic nitrogens is 4. The van der Waals surface area contributed by atoms with Crippen LogP contribution in [0.15, 0.2) is 6.33 Å². The Hall–Kier alpha value is -1.01. The summed E-state index contributed by atoms with van der Waals surface area (Å²) in [6.07, 6.45) is 8.40. The van der Waals surface area contributed by atoms with E-state index in [1.165, 1.54) is 58.4 Å². The fraction of sp³-hybridized carbons (Fsp3) is 0.929. The largest absolute Gasteiger partial charge is 0.306 e. The number of tetrazole rings is 1. The molecule has 1 spiro atoms. The smallest absolute Gasteiger partial charge is 0.138 e. The first-order valence-corrected chi connectivity index (χ1v) is 7.88. The minimum absolute atomic E-state index is 0.570. The van der Waals surface area contributed by atoms with Gasteiger partial charge in [-0.25, -0.2) is 4.68 Å². The van der Waals surface area contributed by atoms with Gasteiger partial charge in [-0.15, -0.1) is 5.10 Å². The highest BCUT2D eigenvalue weighted by atomic mass is 15.5. The fourth-order valence-electron chi connectivity index (χ4n) is 4.03. The standard InChI is InChI=1S/C14H26N6/c1-18-7-2-5-14(11-18)6-3-8-19(12-14)9-4-10-20-13-15-16-17-20/h13H,2-12H2,1H3/t14-/m0/s1. The lowest BCUT2D eigenvalue weighted by atomic mass is 9.74. The van der Waals surface area contributed by atoms with Crippen LogP contribution in [-0.4, -0.2) is 69.8 Å². The Bertz CT molecular complexity index is 402. The summed E-state index contributed by atoms with van der Waals surface area (Å²) < 4.78 is 1.83. The van der Waals surface area contributed by atoms with Gasteiger partial charge in [0.1, 0.15) is 6.33 Å². The van der Waals surface area contributed by atoms with Crippen molar-refractivity contribution in [2.45, 2.75) is 38.6 Å². The summed E-state index contributed by atoms with van der Waals surface area (Å²) in [5.74, 6) is 0. The summed E-state index contributed by atoms with van der Waals surface area (Å²) in [5.41, 5.74) is 0.570. The van der Waals surface area contributed by atoms with Crippen molar-refractivity contribution in [3.8, 4) is 0 Å². The van der Waals surface area contributed by atoms with E-state index in [9.17, 15) is 0 Å². The summed E-state index contributed by atoms with van der Waals surface area (Å²) in [4.78, 5) is 5.18. The molecule has 3 rings (SSSR count). The van der Waals surface area contributed by atoms with E-state index in [1.54, 1.807) is 6.33 Å². The number of likely N-dealkylation sites (tertiary alicyclic amines) is 2. The number of hydrogen-bond acceptors (Lipinski definition) is 5. The molecule has 2 aliphatic heterocycles. The maximum atomic E-state index is 3.92. The van der Waals surface area contributed by atoms with Crippen molar-refractivity contribution in [3.05, 3.63) is 6.33 Å². The molecule has 0 N–H and O–H groups in total.